The summed E-state index contributed by atoms with van der Waals surface area (Å²) in [4.78, 5) is 0. The Labute approximate surface area is 167 Å². The number of hydrogen-bond donors (Lipinski definition) is 1. The van der Waals surface area contributed by atoms with Crippen molar-refractivity contribution in [2.45, 2.75) is 18.3 Å². The van der Waals surface area contributed by atoms with E-state index in [1.807, 2.05) is 37.3 Å². The van der Waals surface area contributed by atoms with Crippen LogP contribution in [0.1, 0.15) is 5.56 Å². The summed E-state index contributed by atoms with van der Waals surface area (Å²) in [6, 6.07) is 13.0. The van der Waals surface area contributed by atoms with Gasteiger partial charge in [-0.05, 0) is 36.8 Å². The second-order valence-corrected chi connectivity index (χ2v) is 6.96. The van der Waals surface area contributed by atoms with Gasteiger partial charge in [-0.1, -0.05) is 30.0 Å². The van der Waals surface area contributed by atoms with Crippen molar-refractivity contribution in [3.63, 3.8) is 0 Å². The molecule has 1 heterocycles. The van der Waals surface area contributed by atoms with Crippen molar-refractivity contribution in [2.24, 2.45) is 0 Å². The van der Waals surface area contributed by atoms with Crippen LogP contribution in [0.25, 0.3) is 11.5 Å². The third-order valence-corrected chi connectivity index (χ3v) is 4.92. The first-order valence-corrected chi connectivity index (χ1v) is 9.64. The van der Waals surface area contributed by atoms with Crippen molar-refractivity contribution >= 4 is 11.8 Å². The van der Waals surface area contributed by atoms with Gasteiger partial charge in [-0.2, -0.15) is 0 Å². The van der Waals surface area contributed by atoms with Crippen molar-refractivity contribution in [1.29, 1.82) is 0 Å². The Hall–Kier alpha value is -2.71. The SMILES string of the molecule is COc1ccc(-c2nnc(SC[C@H](O)COc3ccccc3C)o2)cc1OC. The number of rotatable bonds is 9. The highest BCUT2D eigenvalue weighted by Gasteiger charge is 2.14. The number of benzene rings is 2. The zero-order valence-corrected chi connectivity index (χ0v) is 16.7. The predicted molar refractivity (Wildman–Crippen MR) is 106 cm³/mol. The highest BCUT2D eigenvalue weighted by molar-refractivity contribution is 7.99. The molecule has 0 aliphatic carbocycles. The van der Waals surface area contributed by atoms with Gasteiger partial charge in [0.2, 0.25) is 5.89 Å². The number of hydrogen-bond acceptors (Lipinski definition) is 8. The summed E-state index contributed by atoms with van der Waals surface area (Å²) in [5.41, 5.74) is 1.75. The van der Waals surface area contributed by atoms with Gasteiger partial charge < -0.3 is 23.7 Å². The maximum Gasteiger partial charge on any atom is 0.276 e. The summed E-state index contributed by atoms with van der Waals surface area (Å²) in [5, 5.41) is 18.6. The van der Waals surface area contributed by atoms with Gasteiger partial charge in [0.25, 0.3) is 5.22 Å². The van der Waals surface area contributed by atoms with Crippen LogP contribution in [0.4, 0.5) is 0 Å². The Kier molecular flexibility index (Phi) is 6.78. The highest BCUT2D eigenvalue weighted by Crippen LogP contribution is 2.32. The fraction of sp³-hybridized carbons (Fsp3) is 0.300. The van der Waals surface area contributed by atoms with E-state index < -0.39 is 6.10 Å². The minimum Gasteiger partial charge on any atom is -0.493 e. The topological polar surface area (TPSA) is 86.8 Å². The van der Waals surface area contributed by atoms with E-state index in [1.54, 1.807) is 26.4 Å². The van der Waals surface area contributed by atoms with Gasteiger partial charge in [-0.3, -0.25) is 0 Å². The van der Waals surface area contributed by atoms with E-state index >= 15 is 0 Å². The number of ether oxygens (including phenoxy) is 3. The fourth-order valence-corrected chi connectivity index (χ4v) is 3.14. The molecule has 28 heavy (non-hydrogen) atoms. The lowest BCUT2D eigenvalue weighted by molar-refractivity contribution is 0.126. The molecule has 3 aromatic rings. The molecule has 2 aromatic carbocycles. The molecule has 0 amide bonds. The van der Waals surface area contributed by atoms with Crippen molar-refractivity contribution in [2.75, 3.05) is 26.6 Å². The molecule has 0 spiro atoms. The summed E-state index contributed by atoms with van der Waals surface area (Å²) in [5.74, 6) is 2.71. The van der Waals surface area contributed by atoms with Gasteiger partial charge in [0.1, 0.15) is 12.4 Å². The predicted octanol–water partition coefficient (Wildman–Crippen LogP) is 3.59. The second-order valence-electron chi connectivity index (χ2n) is 5.98. The van der Waals surface area contributed by atoms with E-state index in [1.165, 1.54) is 11.8 Å². The average molecular weight is 402 g/mol. The normalized spacial score (nSPS) is 11.9. The number of aromatic nitrogens is 2. The summed E-state index contributed by atoms with van der Waals surface area (Å²) in [6.45, 7) is 2.15. The summed E-state index contributed by atoms with van der Waals surface area (Å²) < 4.78 is 21.8. The molecule has 1 atom stereocenters. The minimum absolute atomic E-state index is 0.189. The molecular formula is C20H22N2O5S. The molecule has 0 aliphatic rings. The lowest BCUT2D eigenvalue weighted by Crippen LogP contribution is -2.20. The van der Waals surface area contributed by atoms with Crippen LogP contribution in [0.5, 0.6) is 17.2 Å². The molecule has 1 N–H and O–H groups in total. The van der Waals surface area contributed by atoms with Crippen LogP contribution < -0.4 is 14.2 Å². The third-order valence-electron chi connectivity index (χ3n) is 3.96. The van der Waals surface area contributed by atoms with E-state index in [0.29, 0.717) is 28.4 Å². The highest BCUT2D eigenvalue weighted by atomic mass is 32.2. The minimum atomic E-state index is -0.666. The molecule has 0 saturated heterocycles. The summed E-state index contributed by atoms with van der Waals surface area (Å²) in [7, 11) is 3.14. The lowest BCUT2D eigenvalue weighted by atomic mass is 10.2. The second kappa shape index (κ2) is 9.48. The van der Waals surface area contributed by atoms with Crippen LogP contribution in [0.2, 0.25) is 0 Å². The molecule has 1 aromatic heterocycles. The molecule has 8 heteroatoms. The van der Waals surface area contributed by atoms with Crippen molar-refractivity contribution in [3.05, 3.63) is 48.0 Å². The number of aliphatic hydroxyl groups excluding tert-OH is 1. The first kappa shape index (κ1) is 20.0. The zero-order chi connectivity index (χ0) is 19.9. The van der Waals surface area contributed by atoms with E-state index in [9.17, 15) is 5.11 Å². The Morgan fingerprint density at radius 1 is 1.04 bits per heavy atom. The molecule has 0 saturated carbocycles. The van der Waals surface area contributed by atoms with Crippen LogP contribution >= 0.6 is 11.8 Å². The average Bonchev–Trinajstić information content (AvgIpc) is 3.20. The van der Waals surface area contributed by atoms with Crippen molar-refractivity contribution in [3.8, 4) is 28.7 Å². The van der Waals surface area contributed by atoms with Crippen LogP contribution in [0.15, 0.2) is 52.1 Å². The number of thioether (sulfide) groups is 1. The number of nitrogens with zero attached hydrogens (tertiary/aromatic N) is 2. The van der Waals surface area contributed by atoms with Gasteiger partial charge in [0.05, 0.1) is 20.3 Å². The molecule has 0 unspecified atom stereocenters. The van der Waals surface area contributed by atoms with E-state index in [0.717, 1.165) is 16.9 Å². The largest absolute Gasteiger partial charge is 0.493 e. The first-order chi connectivity index (χ1) is 13.6. The molecule has 3 rings (SSSR count). The zero-order valence-electron chi connectivity index (χ0n) is 15.9. The van der Waals surface area contributed by atoms with E-state index in [2.05, 4.69) is 10.2 Å². The van der Waals surface area contributed by atoms with Gasteiger partial charge in [0, 0.05) is 11.3 Å². The van der Waals surface area contributed by atoms with E-state index in [-0.39, 0.29) is 6.61 Å². The molecule has 0 aliphatic heterocycles. The summed E-state index contributed by atoms with van der Waals surface area (Å²) in [6.07, 6.45) is -0.666. The standard InChI is InChI=1S/C20H22N2O5S/c1-13-6-4-5-7-16(13)26-11-15(23)12-28-20-22-21-19(27-20)14-8-9-17(24-2)18(10-14)25-3/h4-10,15,23H,11-12H2,1-3H3/t15-/m1/s1. The van der Waals surface area contributed by atoms with Gasteiger partial charge in [-0.25, -0.2) is 0 Å². The Morgan fingerprint density at radius 2 is 1.82 bits per heavy atom. The van der Waals surface area contributed by atoms with Crippen LogP contribution in [-0.2, 0) is 0 Å². The maximum absolute atomic E-state index is 10.1. The van der Waals surface area contributed by atoms with Gasteiger partial charge in [-0.15, -0.1) is 10.2 Å². The van der Waals surface area contributed by atoms with Gasteiger partial charge >= 0.3 is 0 Å². The van der Waals surface area contributed by atoms with Crippen molar-refractivity contribution in [1.82, 2.24) is 10.2 Å². The van der Waals surface area contributed by atoms with Gasteiger partial charge in [0.15, 0.2) is 11.5 Å². The molecular weight excluding hydrogens is 380 g/mol. The van der Waals surface area contributed by atoms with Crippen molar-refractivity contribution < 1.29 is 23.7 Å². The molecule has 0 bridgehead atoms. The molecule has 7 nitrogen and oxygen atoms in total. The fourth-order valence-electron chi connectivity index (χ4n) is 2.47. The number of methoxy groups -OCH3 is 2. The number of aryl methyl sites for hydroxylation is 1. The number of aliphatic hydroxyl groups is 1. The Morgan fingerprint density at radius 3 is 2.57 bits per heavy atom. The molecule has 148 valence electrons. The smallest absolute Gasteiger partial charge is 0.276 e. The monoisotopic (exact) mass is 402 g/mol. The third kappa shape index (κ3) is 4.96. The van der Waals surface area contributed by atoms with Crippen LogP contribution in [0.3, 0.4) is 0 Å². The summed E-state index contributed by atoms with van der Waals surface area (Å²) >= 11 is 1.27. The van der Waals surface area contributed by atoms with E-state index in [4.69, 9.17) is 18.6 Å². The quantitative estimate of drug-likeness (QED) is 0.544. The molecule has 0 fully saturated rings. The lowest BCUT2D eigenvalue weighted by Gasteiger charge is -2.12. The maximum atomic E-state index is 10.1. The van der Waals surface area contributed by atoms with Crippen LogP contribution in [0, 0.1) is 6.92 Å². The Bertz CT molecular complexity index is 915. The number of para-hydroxylation sites is 1. The first-order valence-electron chi connectivity index (χ1n) is 8.66. The van der Waals surface area contributed by atoms with Crippen LogP contribution in [-0.4, -0.2) is 48.0 Å². The Balaban J connectivity index is 1.55. The molecule has 0 radical (unpaired) electrons.